The van der Waals surface area contributed by atoms with Gasteiger partial charge in [-0.25, -0.2) is 0 Å². The van der Waals surface area contributed by atoms with E-state index in [0.29, 0.717) is 37.5 Å². The van der Waals surface area contributed by atoms with Crippen LogP contribution in [-0.4, -0.2) is 34.0 Å². The third-order valence-corrected chi connectivity index (χ3v) is 3.54. The van der Waals surface area contributed by atoms with E-state index in [4.69, 9.17) is 10.1 Å². The third kappa shape index (κ3) is 5.61. The van der Waals surface area contributed by atoms with E-state index in [9.17, 15) is 18.0 Å². The van der Waals surface area contributed by atoms with Gasteiger partial charge in [-0.3, -0.25) is 4.79 Å². The number of amides is 1. The first-order valence-electron chi connectivity index (χ1n) is 7.95. The summed E-state index contributed by atoms with van der Waals surface area (Å²) in [6.07, 6.45) is -0.713. The molecule has 9 heteroatoms. The zero-order valence-electron chi connectivity index (χ0n) is 14.1. The van der Waals surface area contributed by atoms with Crippen molar-refractivity contribution in [3.63, 3.8) is 0 Å². The van der Waals surface area contributed by atoms with Gasteiger partial charge >= 0.3 is 12.1 Å². The molecule has 0 saturated carbocycles. The highest BCUT2D eigenvalue weighted by molar-refractivity contribution is 5.96. The molecule has 1 aromatic heterocycles. The Labute approximate surface area is 147 Å². The standard InChI is InChI=1S/C17H19F3N4O2/c1-12(21)13-4-6-14(7-5-13)26-11-3-2-9-24-10-8-22-16(24)23-15(25)17(18,19)20/h4-8,10,21H,2-3,9,11H2,1H3,(H,22,23,25). The number of carbonyl (C=O) groups is 1. The van der Waals surface area contributed by atoms with E-state index >= 15 is 0 Å². The summed E-state index contributed by atoms with van der Waals surface area (Å²) in [6, 6.07) is 7.18. The molecule has 0 bridgehead atoms. The monoisotopic (exact) mass is 368 g/mol. The van der Waals surface area contributed by atoms with Crippen LogP contribution in [0.2, 0.25) is 0 Å². The van der Waals surface area contributed by atoms with Crippen molar-refractivity contribution in [1.82, 2.24) is 9.55 Å². The van der Waals surface area contributed by atoms with Crippen LogP contribution < -0.4 is 10.4 Å². The van der Waals surface area contributed by atoms with Crippen LogP contribution >= 0.6 is 0 Å². The Morgan fingerprint density at radius 1 is 1.27 bits per heavy atom. The lowest BCUT2D eigenvalue weighted by Gasteiger charge is -2.07. The number of benzene rings is 1. The zero-order valence-corrected chi connectivity index (χ0v) is 14.1. The van der Waals surface area contributed by atoms with Crippen LogP contribution in [0.4, 0.5) is 13.2 Å². The van der Waals surface area contributed by atoms with Gasteiger partial charge in [0, 0.05) is 24.7 Å². The molecule has 26 heavy (non-hydrogen) atoms. The topological polar surface area (TPSA) is 83.2 Å². The molecular formula is C17H19F3N4O2. The molecule has 1 aromatic carbocycles. The number of nitrogens with zero attached hydrogens (tertiary/aromatic N) is 2. The summed E-state index contributed by atoms with van der Waals surface area (Å²) >= 11 is 0. The van der Waals surface area contributed by atoms with Crippen molar-refractivity contribution in [1.29, 1.82) is 5.41 Å². The molecule has 0 aliphatic carbocycles. The lowest BCUT2D eigenvalue weighted by Crippen LogP contribution is -2.27. The number of rotatable bonds is 7. The van der Waals surface area contributed by atoms with Crippen molar-refractivity contribution in [2.75, 3.05) is 6.61 Å². The number of halogens is 3. The maximum Gasteiger partial charge on any atom is 0.473 e. The predicted octanol–water partition coefficient (Wildman–Crippen LogP) is 3.05. The molecule has 1 amide bonds. The Hall–Kier alpha value is -2.84. The highest BCUT2D eigenvalue weighted by Gasteiger charge is 2.38. The van der Waals surface area contributed by atoms with Crippen molar-refractivity contribution < 1.29 is 22.7 Å². The van der Waals surface area contributed by atoms with E-state index < -0.39 is 12.1 Å². The molecule has 0 atom stereocenters. The first-order valence-corrected chi connectivity index (χ1v) is 7.95. The minimum absolute atomic E-state index is 0.133. The maximum absolute atomic E-state index is 12.3. The number of hydrogen-bond donors (Lipinski definition) is 2. The SMILES string of the molecule is CC(=N)c1ccc(OCCCCn2cc[nH]/c2=N/C(=O)C(F)(F)F)cc1. The first-order chi connectivity index (χ1) is 12.3. The maximum atomic E-state index is 12.3. The van der Waals surface area contributed by atoms with Crippen LogP contribution in [0.15, 0.2) is 41.7 Å². The number of aromatic nitrogens is 2. The Morgan fingerprint density at radius 3 is 2.58 bits per heavy atom. The van der Waals surface area contributed by atoms with Crippen LogP contribution in [0.1, 0.15) is 25.3 Å². The van der Waals surface area contributed by atoms with Crippen LogP contribution in [-0.2, 0) is 11.3 Å². The van der Waals surface area contributed by atoms with Crippen molar-refractivity contribution in [3.8, 4) is 5.75 Å². The number of imidazole rings is 1. The number of H-pyrrole nitrogens is 1. The summed E-state index contributed by atoms with van der Waals surface area (Å²) in [5.41, 5.74) is 1.17. The van der Waals surface area contributed by atoms with Gasteiger partial charge < -0.3 is 19.7 Å². The second-order valence-electron chi connectivity index (χ2n) is 5.60. The van der Waals surface area contributed by atoms with E-state index in [-0.39, 0.29) is 5.62 Å². The van der Waals surface area contributed by atoms with E-state index in [1.807, 2.05) is 0 Å². The first kappa shape index (κ1) is 19.5. The number of carbonyl (C=O) groups excluding carboxylic acids is 1. The average molecular weight is 368 g/mol. The van der Waals surface area contributed by atoms with Gasteiger partial charge in [0.1, 0.15) is 5.75 Å². The quantitative estimate of drug-likeness (QED) is 0.582. The van der Waals surface area contributed by atoms with Gasteiger partial charge in [-0.2, -0.15) is 18.2 Å². The van der Waals surface area contributed by atoms with E-state index in [1.165, 1.54) is 17.0 Å². The van der Waals surface area contributed by atoms with Gasteiger partial charge in [0.2, 0.25) is 5.62 Å². The summed E-state index contributed by atoms with van der Waals surface area (Å²) in [4.78, 5) is 16.5. The fraction of sp³-hybridized carbons (Fsp3) is 0.353. The molecule has 0 aliphatic heterocycles. The number of aromatic amines is 1. The highest BCUT2D eigenvalue weighted by Crippen LogP contribution is 2.16. The molecule has 2 aromatic rings. The largest absolute Gasteiger partial charge is 0.494 e. The zero-order chi connectivity index (χ0) is 19.2. The Kier molecular flexibility index (Phi) is 6.37. The Bertz CT molecular complexity index is 820. The third-order valence-electron chi connectivity index (χ3n) is 3.54. The average Bonchev–Trinajstić information content (AvgIpc) is 3.01. The molecule has 0 fully saturated rings. The molecule has 2 rings (SSSR count). The summed E-state index contributed by atoms with van der Waals surface area (Å²) in [6.45, 7) is 2.56. The predicted molar refractivity (Wildman–Crippen MR) is 89.1 cm³/mol. The molecule has 140 valence electrons. The lowest BCUT2D eigenvalue weighted by molar-refractivity contribution is -0.169. The summed E-state index contributed by atoms with van der Waals surface area (Å²) in [5.74, 6) is -1.45. The molecule has 0 aliphatic rings. The van der Waals surface area contributed by atoms with Crippen LogP contribution in [0, 0.1) is 5.41 Å². The number of ether oxygens (including phenoxy) is 1. The molecular weight excluding hydrogens is 349 g/mol. The minimum Gasteiger partial charge on any atom is -0.494 e. The fourth-order valence-corrected chi connectivity index (χ4v) is 2.17. The van der Waals surface area contributed by atoms with E-state index in [0.717, 1.165) is 5.56 Å². The normalized spacial score (nSPS) is 12.2. The van der Waals surface area contributed by atoms with Gasteiger partial charge in [0.15, 0.2) is 0 Å². The van der Waals surface area contributed by atoms with Crippen LogP contribution in [0.3, 0.4) is 0 Å². The minimum atomic E-state index is -4.98. The van der Waals surface area contributed by atoms with Crippen LogP contribution in [0.5, 0.6) is 5.75 Å². The molecule has 6 nitrogen and oxygen atoms in total. The van der Waals surface area contributed by atoms with Crippen molar-refractivity contribution in [3.05, 3.63) is 47.8 Å². The van der Waals surface area contributed by atoms with Gasteiger partial charge in [-0.05, 0) is 49.6 Å². The molecule has 0 unspecified atom stereocenters. The lowest BCUT2D eigenvalue weighted by atomic mass is 10.1. The smallest absolute Gasteiger partial charge is 0.473 e. The second kappa shape index (κ2) is 8.50. The number of unbranched alkanes of at least 4 members (excludes halogenated alkanes) is 1. The molecule has 0 saturated heterocycles. The molecule has 0 spiro atoms. The summed E-state index contributed by atoms with van der Waals surface area (Å²) in [5, 5.41) is 7.52. The van der Waals surface area contributed by atoms with Gasteiger partial charge in [-0.1, -0.05) is 0 Å². The van der Waals surface area contributed by atoms with Crippen LogP contribution in [0.25, 0.3) is 0 Å². The number of hydrogen-bond acceptors (Lipinski definition) is 3. The van der Waals surface area contributed by atoms with Gasteiger partial charge in [0.25, 0.3) is 0 Å². The Morgan fingerprint density at radius 2 is 1.96 bits per heavy atom. The van der Waals surface area contributed by atoms with Gasteiger partial charge in [-0.15, -0.1) is 0 Å². The van der Waals surface area contributed by atoms with E-state index in [2.05, 4.69) is 9.98 Å². The van der Waals surface area contributed by atoms with Crippen molar-refractivity contribution >= 4 is 11.6 Å². The van der Waals surface area contributed by atoms with E-state index in [1.54, 1.807) is 31.2 Å². The number of nitrogens with one attached hydrogen (secondary N) is 2. The van der Waals surface area contributed by atoms with Crippen molar-refractivity contribution in [2.45, 2.75) is 32.5 Å². The van der Waals surface area contributed by atoms with Crippen molar-refractivity contribution in [2.24, 2.45) is 4.99 Å². The second-order valence-corrected chi connectivity index (χ2v) is 5.60. The highest BCUT2D eigenvalue weighted by atomic mass is 19.4. The molecule has 0 radical (unpaired) electrons. The molecule has 2 N–H and O–H groups in total. The Balaban J connectivity index is 1.80. The molecule has 1 heterocycles. The summed E-state index contributed by atoms with van der Waals surface area (Å²) in [7, 11) is 0. The fourth-order valence-electron chi connectivity index (χ4n) is 2.17. The summed E-state index contributed by atoms with van der Waals surface area (Å²) < 4.78 is 43.8. The number of alkyl halides is 3. The number of aryl methyl sites for hydroxylation is 1. The van der Waals surface area contributed by atoms with Gasteiger partial charge in [0.05, 0.1) is 6.61 Å².